The average Bonchev–Trinajstić information content (AvgIpc) is 3.28. The van der Waals surface area contributed by atoms with E-state index < -0.39 is 0 Å². The van der Waals surface area contributed by atoms with E-state index in [2.05, 4.69) is 40.6 Å². The van der Waals surface area contributed by atoms with Crippen molar-refractivity contribution in [2.75, 3.05) is 7.11 Å². The Kier molecular flexibility index (Phi) is 7.10. The smallest absolute Gasteiger partial charge is 0.251 e. The first-order valence-corrected chi connectivity index (χ1v) is 11.7. The second kappa shape index (κ2) is 10.4. The van der Waals surface area contributed by atoms with Crippen LogP contribution in [0.2, 0.25) is 0 Å². The van der Waals surface area contributed by atoms with Gasteiger partial charge in [0.05, 0.1) is 13.2 Å². The third-order valence-electron chi connectivity index (χ3n) is 5.22. The largest absolute Gasteiger partial charge is 0.497 e. The van der Waals surface area contributed by atoms with Crippen molar-refractivity contribution in [3.8, 4) is 11.4 Å². The molecule has 1 unspecified atom stereocenters. The van der Waals surface area contributed by atoms with Crippen LogP contribution in [0.25, 0.3) is 5.69 Å². The summed E-state index contributed by atoms with van der Waals surface area (Å²) >= 11 is 1.59. The molecule has 0 saturated heterocycles. The maximum Gasteiger partial charge on any atom is 0.251 e. The van der Waals surface area contributed by atoms with Crippen LogP contribution in [0.5, 0.6) is 5.75 Å². The van der Waals surface area contributed by atoms with Crippen LogP contribution in [0, 0.1) is 6.92 Å². The molecule has 0 aliphatic carbocycles. The molecule has 33 heavy (non-hydrogen) atoms. The quantitative estimate of drug-likeness (QED) is 0.360. The fraction of sp³-hybridized carbons (Fsp3) is 0.192. The van der Waals surface area contributed by atoms with E-state index >= 15 is 0 Å². The molecule has 0 spiro atoms. The van der Waals surface area contributed by atoms with Crippen molar-refractivity contribution in [2.24, 2.45) is 0 Å². The molecule has 4 rings (SSSR count). The molecule has 1 N–H and O–H groups in total. The lowest BCUT2D eigenvalue weighted by Crippen LogP contribution is -2.28. The second-order valence-corrected chi connectivity index (χ2v) is 8.66. The van der Waals surface area contributed by atoms with E-state index in [1.165, 1.54) is 5.56 Å². The predicted molar refractivity (Wildman–Crippen MR) is 131 cm³/mol. The summed E-state index contributed by atoms with van der Waals surface area (Å²) in [5, 5.41) is 12.7. The molecule has 6 nitrogen and oxygen atoms in total. The Morgan fingerprint density at radius 3 is 2.52 bits per heavy atom. The Hall–Kier alpha value is -3.58. The molecule has 0 aliphatic heterocycles. The van der Waals surface area contributed by atoms with Crippen LogP contribution in [-0.4, -0.2) is 27.8 Å². The standard InChI is InChI=1S/C26H26N4O2S/c1-18-12-14-22(15-13-18)30-24(19(2)27-25(31)21-9-5-4-6-10-21)28-29-26(30)33-17-20-8-7-11-23(16-20)32-3/h4-16,19H,17H2,1-3H3,(H,27,31). The van der Waals surface area contributed by atoms with Gasteiger partial charge in [0.1, 0.15) is 5.75 Å². The van der Waals surface area contributed by atoms with Gasteiger partial charge in [-0.05, 0) is 55.8 Å². The minimum atomic E-state index is -0.335. The van der Waals surface area contributed by atoms with Crippen LogP contribution < -0.4 is 10.1 Å². The number of carbonyl (C=O) groups is 1. The van der Waals surface area contributed by atoms with Gasteiger partial charge in [-0.15, -0.1) is 10.2 Å². The maximum absolute atomic E-state index is 12.7. The van der Waals surface area contributed by atoms with Gasteiger partial charge in [0, 0.05) is 17.0 Å². The Balaban J connectivity index is 1.62. The van der Waals surface area contributed by atoms with Crippen molar-refractivity contribution in [3.05, 3.63) is 101 Å². The number of hydrogen-bond donors (Lipinski definition) is 1. The Morgan fingerprint density at radius 1 is 1.03 bits per heavy atom. The lowest BCUT2D eigenvalue weighted by molar-refractivity contribution is 0.0938. The zero-order valence-corrected chi connectivity index (χ0v) is 19.7. The van der Waals surface area contributed by atoms with Gasteiger partial charge in [-0.1, -0.05) is 59.8 Å². The van der Waals surface area contributed by atoms with Gasteiger partial charge >= 0.3 is 0 Å². The van der Waals surface area contributed by atoms with Crippen LogP contribution in [-0.2, 0) is 5.75 Å². The number of thioether (sulfide) groups is 1. The number of carbonyl (C=O) groups excluding carboxylic acids is 1. The summed E-state index contributed by atoms with van der Waals surface area (Å²) in [4.78, 5) is 12.7. The fourth-order valence-electron chi connectivity index (χ4n) is 3.44. The number of aromatic nitrogens is 3. The average molecular weight is 459 g/mol. The number of rotatable bonds is 8. The van der Waals surface area contributed by atoms with Gasteiger partial charge < -0.3 is 10.1 Å². The topological polar surface area (TPSA) is 69.0 Å². The van der Waals surface area contributed by atoms with Crippen LogP contribution >= 0.6 is 11.8 Å². The Labute approximate surface area is 198 Å². The maximum atomic E-state index is 12.7. The molecule has 0 saturated carbocycles. The van der Waals surface area contributed by atoms with Crippen LogP contribution in [0.3, 0.4) is 0 Å². The molecular formula is C26H26N4O2S. The van der Waals surface area contributed by atoms with Crippen molar-refractivity contribution in [3.63, 3.8) is 0 Å². The SMILES string of the molecule is COc1cccc(CSc2nnc(C(C)NC(=O)c3ccccc3)n2-c2ccc(C)cc2)c1. The second-order valence-electron chi connectivity index (χ2n) is 7.71. The van der Waals surface area contributed by atoms with E-state index in [0.717, 1.165) is 22.2 Å². The zero-order valence-electron chi connectivity index (χ0n) is 18.9. The van der Waals surface area contributed by atoms with Gasteiger partial charge in [-0.3, -0.25) is 9.36 Å². The molecule has 1 heterocycles. The highest BCUT2D eigenvalue weighted by molar-refractivity contribution is 7.98. The monoisotopic (exact) mass is 458 g/mol. The molecule has 7 heteroatoms. The van der Waals surface area contributed by atoms with E-state index in [1.54, 1.807) is 31.0 Å². The van der Waals surface area contributed by atoms with Crippen molar-refractivity contribution in [1.29, 1.82) is 0 Å². The van der Waals surface area contributed by atoms with Crippen LogP contribution in [0.4, 0.5) is 0 Å². The number of aryl methyl sites for hydroxylation is 1. The third-order valence-corrected chi connectivity index (χ3v) is 6.22. The summed E-state index contributed by atoms with van der Waals surface area (Å²) in [6.07, 6.45) is 0. The molecule has 1 aromatic heterocycles. The lowest BCUT2D eigenvalue weighted by Gasteiger charge is -2.16. The normalized spacial score (nSPS) is 11.7. The van der Waals surface area contributed by atoms with E-state index in [4.69, 9.17) is 4.74 Å². The van der Waals surface area contributed by atoms with E-state index in [1.807, 2.05) is 60.0 Å². The van der Waals surface area contributed by atoms with Gasteiger partial charge in [0.25, 0.3) is 5.91 Å². The number of hydrogen-bond acceptors (Lipinski definition) is 5. The highest BCUT2D eigenvalue weighted by Gasteiger charge is 2.21. The summed E-state index contributed by atoms with van der Waals surface area (Å²) in [6, 6.07) is 25.0. The van der Waals surface area contributed by atoms with E-state index in [-0.39, 0.29) is 11.9 Å². The minimum absolute atomic E-state index is 0.146. The van der Waals surface area contributed by atoms with Gasteiger partial charge in [0.2, 0.25) is 0 Å². The number of benzene rings is 3. The van der Waals surface area contributed by atoms with Crippen molar-refractivity contribution < 1.29 is 9.53 Å². The Bertz CT molecular complexity index is 1220. The van der Waals surface area contributed by atoms with E-state index in [9.17, 15) is 4.79 Å². The number of nitrogens with zero attached hydrogens (tertiary/aromatic N) is 3. The molecular weight excluding hydrogens is 432 g/mol. The number of nitrogens with one attached hydrogen (secondary N) is 1. The van der Waals surface area contributed by atoms with Crippen LogP contribution in [0.15, 0.2) is 84.0 Å². The molecule has 0 fully saturated rings. The summed E-state index contributed by atoms with van der Waals surface area (Å²) in [6.45, 7) is 3.98. The lowest BCUT2D eigenvalue weighted by atomic mass is 10.2. The molecule has 1 amide bonds. The number of methoxy groups -OCH3 is 1. The number of amides is 1. The first kappa shape index (κ1) is 22.6. The van der Waals surface area contributed by atoms with Crippen molar-refractivity contribution in [2.45, 2.75) is 30.8 Å². The summed E-state index contributed by atoms with van der Waals surface area (Å²) in [5.41, 5.74) is 3.86. The molecule has 3 aromatic carbocycles. The van der Waals surface area contributed by atoms with Crippen molar-refractivity contribution >= 4 is 17.7 Å². The highest BCUT2D eigenvalue weighted by Crippen LogP contribution is 2.28. The highest BCUT2D eigenvalue weighted by atomic mass is 32.2. The van der Waals surface area contributed by atoms with Gasteiger partial charge in [-0.25, -0.2) is 0 Å². The molecule has 0 aliphatic rings. The Morgan fingerprint density at radius 2 is 1.79 bits per heavy atom. The zero-order chi connectivity index (χ0) is 23.2. The molecule has 0 bridgehead atoms. The molecule has 168 valence electrons. The number of ether oxygens (including phenoxy) is 1. The molecule has 4 aromatic rings. The third kappa shape index (κ3) is 5.43. The van der Waals surface area contributed by atoms with E-state index in [0.29, 0.717) is 17.1 Å². The van der Waals surface area contributed by atoms with Gasteiger partial charge in [0.15, 0.2) is 11.0 Å². The summed E-state index contributed by atoms with van der Waals surface area (Å²) in [5.74, 6) is 2.07. The summed E-state index contributed by atoms with van der Waals surface area (Å²) in [7, 11) is 1.66. The first-order valence-electron chi connectivity index (χ1n) is 10.7. The van der Waals surface area contributed by atoms with Gasteiger partial charge in [-0.2, -0.15) is 0 Å². The first-order chi connectivity index (χ1) is 16.0. The fourth-order valence-corrected chi connectivity index (χ4v) is 4.34. The molecule has 1 atom stereocenters. The summed E-state index contributed by atoms with van der Waals surface area (Å²) < 4.78 is 7.35. The molecule has 0 radical (unpaired) electrons. The van der Waals surface area contributed by atoms with Crippen LogP contribution in [0.1, 0.15) is 40.3 Å². The minimum Gasteiger partial charge on any atom is -0.497 e. The predicted octanol–water partition coefficient (Wildman–Crippen LogP) is 5.37. The van der Waals surface area contributed by atoms with Crippen molar-refractivity contribution in [1.82, 2.24) is 20.1 Å².